The van der Waals surface area contributed by atoms with Gasteiger partial charge >= 0.3 is 0 Å². The van der Waals surface area contributed by atoms with Crippen molar-refractivity contribution in [2.75, 3.05) is 28.6 Å². The standard InChI is InChI=1S/C27H25N3O2/c1-2-30(25-13-4-3-5-14-25)27(32)22-11-8-12-23(18-22)28-19-26(31)29-24-16-15-20-9-6-7-10-21(20)17-24/h3-18,28H,2,19H2,1H3,(H,29,31). The van der Waals surface area contributed by atoms with Crippen molar-refractivity contribution >= 4 is 39.6 Å². The van der Waals surface area contributed by atoms with Crippen LogP contribution in [0, 0.1) is 0 Å². The predicted molar refractivity (Wildman–Crippen MR) is 131 cm³/mol. The average Bonchev–Trinajstić information content (AvgIpc) is 2.84. The van der Waals surface area contributed by atoms with Crippen molar-refractivity contribution in [2.24, 2.45) is 0 Å². The highest BCUT2D eigenvalue weighted by atomic mass is 16.2. The molecule has 0 radical (unpaired) electrons. The maximum Gasteiger partial charge on any atom is 0.258 e. The van der Waals surface area contributed by atoms with Crippen molar-refractivity contribution in [1.29, 1.82) is 0 Å². The fraction of sp³-hybridized carbons (Fsp3) is 0.111. The van der Waals surface area contributed by atoms with E-state index in [1.54, 1.807) is 17.0 Å². The van der Waals surface area contributed by atoms with Gasteiger partial charge in [0, 0.05) is 29.2 Å². The van der Waals surface area contributed by atoms with E-state index in [4.69, 9.17) is 0 Å². The second-order valence-electron chi connectivity index (χ2n) is 7.43. The molecule has 0 aromatic heterocycles. The summed E-state index contributed by atoms with van der Waals surface area (Å²) in [5, 5.41) is 8.22. The summed E-state index contributed by atoms with van der Waals surface area (Å²) in [5.41, 5.74) is 2.89. The van der Waals surface area contributed by atoms with Crippen LogP contribution < -0.4 is 15.5 Å². The molecule has 0 saturated heterocycles. The summed E-state index contributed by atoms with van der Waals surface area (Å²) in [6.07, 6.45) is 0. The number of benzene rings is 4. The minimum absolute atomic E-state index is 0.0806. The first-order chi connectivity index (χ1) is 15.6. The quantitative estimate of drug-likeness (QED) is 0.409. The van der Waals surface area contributed by atoms with Crippen molar-refractivity contribution in [3.05, 3.63) is 103 Å². The van der Waals surface area contributed by atoms with Gasteiger partial charge in [-0.05, 0) is 60.2 Å². The van der Waals surface area contributed by atoms with Crippen molar-refractivity contribution < 1.29 is 9.59 Å². The molecule has 4 rings (SSSR count). The number of hydrogen-bond donors (Lipinski definition) is 2. The normalized spacial score (nSPS) is 10.5. The minimum Gasteiger partial charge on any atom is -0.376 e. The lowest BCUT2D eigenvalue weighted by Gasteiger charge is -2.21. The van der Waals surface area contributed by atoms with E-state index in [0.717, 1.165) is 22.1 Å². The number of amides is 2. The number of nitrogens with zero attached hydrogens (tertiary/aromatic N) is 1. The summed E-state index contributed by atoms with van der Waals surface area (Å²) in [4.78, 5) is 27.2. The van der Waals surface area contributed by atoms with Gasteiger partial charge in [-0.25, -0.2) is 0 Å². The van der Waals surface area contributed by atoms with Crippen LogP contribution >= 0.6 is 0 Å². The van der Waals surface area contributed by atoms with E-state index in [0.29, 0.717) is 17.8 Å². The molecule has 0 bridgehead atoms. The molecule has 0 atom stereocenters. The van der Waals surface area contributed by atoms with Crippen LogP contribution in [0.4, 0.5) is 17.1 Å². The van der Waals surface area contributed by atoms with Gasteiger partial charge < -0.3 is 15.5 Å². The summed E-state index contributed by atoms with van der Waals surface area (Å²) in [5.74, 6) is -0.237. The van der Waals surface area contributed by atoms with Gasteiger partial charge in [-0.1, -0.05) is 54.6 Å². The first-order valence-electron chi connectivity index (χ1n) is 10.6. The summed E-state index contributed by atoms with van der Waals surface area (Å²) in [6.45, 7) is 2.61. The summed E-state index contributed by atoms with van der Waals surface area (Å²) >= 11 is 0. The van der Waals surface area contributed by atoms with Gasteiger partial charge in [0.1, 0.15) is 0 Å². The van der Waals surface area contributed by atoms with Gasteiger partial charge in [0.25, 0.3) is 5.91 Å². The third-order valence-corrected chi connectivity index (χ3v) is 5.23. The zero-order valence-electron chi connectivity index (χ0n) is 17.9. The van der Waals surface area contributed by atoms with E-state index in [1.165, 1.54) is 0 Å². The Hall–Kier alpha value is -4.12. The highest BCUT2D eigenvalue weighted by Gasteiger charge is 2.16. The molecule has 0 saturated carbocycles. The fourth-order valence-corrected chi connectivity index (χ4v) is 3.62. The molecule has 0 unspecified atom stereocenters. The van der Waals surface area contributed by atoms with E-state index in [-0.39, 0.29) is 18.4 Å². The summed E-state index contributed by atoms with van der Waals surface area (Å²) in [6, 6.07) is 30.7. The van der Waals surface area contributed by atoms with Crippen molar-refractivity contribution in [2.45, 2.75) is 6.92 Å². The Morgan fingerprint density at radius 1 is 0.750 bits per heavy atom. The Morgan fingerprint density at radius 2 is 1.50 bits per heavy atom. The molecule has 5 heteroatoms. The molecule has 0 heterocycles. The fourth-order valence-electron chi connectivity index (χ4n) is 3.62. The molecule has 32 heavy (non-hydrogen) atoms. The van der Waals surface area contributed by atoms with Gasteiger partial charge in [-0.15, -0.1) is 0 Å². The van der Waals surface area contributed by atoms with Crippen LogP contribution in [0.1, 0.15) is 17.3 Å². The highest BCUT2D eigenvalue weighted by Crippen LogP contribution is 2.20. The van der Waals surface area contributed by atoms with Crippen molar-refractivity contribution in [1.82, 2.24) is 0 Å². The molecule has 4 aromatic carbocycles. The molecular weight excluding hydrogens is 398 g/mol. The maximum atomic E-state index is 13.0. The van der Waals surface area contributed by atoms with E-state index >= 15 is 0 Å². The minimum atomic E-state index is -0.156. The molecule has 0 aliphatic heterocycles. The van der Waals surface area contributed by atoms with Crippen molar-refractivity contribution in [3.63, 3.8) is 0 Å². The smallest absolute Gasteiger partial charge is 0.258 e. The summed E-state index contributed by atoms with van der Waals surface area (Å²) < 4.78 is 0. The van der Waals surface area contributed by atoms with E-state index in [1.807, 2.05) is 91.9 Å². The number of carbonyl (C=O) groups excluding carboxylic acids is 2. The van der Waals surface area contributed by atoms with E-state index < -0.39 is 0 Å². The van der Waals surface area contributed by atoms with Crippen LogP contribution in [0.5, 0.6) is 0 Å². The lowest BCUT2D eigenvalue weighted by Crippen LogP contribution is -2.30. The Kier molecular flexibility index (Phi) is 6.46. The highest BCUT2D eigenvalue weighted by molar-refractivity contribution is 6.06. The zero-order valence-corrected chi connectivity index (χ0v) is 17.9. The third-order valence-electron chi connectivity index (χ3n) is 5.23. The second kappa shape index (κ2) is 9.79. The molecule has 0 aliphatic rings. The SMILES string of the molecule is CCN(C(=O)c1cccc(NCC(=O)Nc2ccc3ccccc3c2)c1)c1ccccc1. The number of nitrogens with one attached hydrogen (secondary N) is 2. The molecule has 2 N–H and O–H groups in total. The van der Waals surface area contributed by atoms with Crippen molar-refractivity contribution in [3.8, 4) is 0 Å². The summed E-state index contributed by atoms with van der Waals surface area (Å²) in [7, 11) is 0. The maximum absolute atomic E-state index is 13.0. The van der Waals surface area contributed by atoms with Crippen LogP contribution in [-0.4, -0.2) is 24.9 Å². The number of carbonyl (C=O) groups is 2. The zero-order chi connectivity index (χ0) is 22.3. The Bertz CT molecular complexity index is 1240. The number of anilines is 3. The first kappa shape index (κ1) is 21.1. The van der Waals surface area contributed by atoms with Gasteiger partial charge in [-0.3, -0.25) is 9.59 Å². The van der Waals surface area contributed by atoms with E-state index in [9.17, 15) is 9.59 Å². The molecular formula is C27H25N3O2. The topological polar surface area (TPSA) is 61.4 Å². The van der Waals surface area contributed by atoms with Crippen LogP contribution in [0.25, 0.3) is 10.8 Å². The molecule has 160 valence electrons. The monoisotopic (exact) mass is 423 g/mol. The Morgan fingerprint density at radius 3 is 2.28 bits per heavy atom. The molecule has 0 fully saturated rings. The number of para-hydroxylation sites is 1. The Labute approximate surface area is 187 Å². The van der Waals surface area contributed by atoms with Crippen LogP contribution in [-0.2, 0) is 4.79 Å². The third kappa shape index (κ3) is 4.95. The largest absolute Gasteiger partial charge is 0.376 e. The van der Waals surface area contributed by atoms with E-state index in [2.05, 4.69) is 10.6 Å². The number of rotatable bonds is 7. The number of fused-ring (bicyclic) bond motifs is 1. The molecule has 0 aliphatic carbocycles. The molecule has 0 spiro atoms. The lowest BCUT2D eigenvalue weighted by atomic mass is 10.1. The van der Waals surface area contributed by atoms with Crippen LogP contribution in [0.2, 0.25) is 0 Å². The van der Waals surface area contributed by atoms with Gasteiger partial charge in [0.2, 0.25) is 5.91 Å². The lowest BCUT2D eigenvalue weighted by molar-refractivity contribution is -0.114. The van der Waals surface area contributed by atoms with Gasteiger partial charge in [0.15, 0.2) is 0 Å². The average molecular weight is 424 g/mol. The van der Waals surface area contributed by atoms with Gasteiger partial charge in [0.05, 0.1) is 6.54 Å². The molecule has 5 nitrogen and oxygen atoms in total. The first-order valence-corrected chi connectivity index (χ1v) is 10.6. The Balaban J connectivity index is 1.40. The van der Waals surface area contributed by atoms with Gasteiger partial charge in [-0.2, -0.15) is 0 Å². The van der Waals surface area contributed by atoms with Crippen LogP contribution in [0.3, 0.4) is 0 Å². The number of hydrogen-bond acceptors (Lipinski definition) is 3. The second-order valence-corrected chi connectivity index (χ2v) is 7.43. The molecule has 2 amide bonds. The molecule has 4 aromatic rings. The van der Waals surface area contributed by atoms with Crippen LogP contribution in [0.15, 0.2) is 97.1 Å². The predicted octanol–water partition coefficient (Wildman–Crippen LogP) is 5.56.